The summed E-state index contributed by atoms with van der Waals surface area (Å²) in [5, 5.41) is 1.02. The van der Waals surface area contributed by atoms with Crippen LogP contribution in [0.5, 0.6) is 5.75 Å². The van der Waals surface area contributed by atoms with E-state index in [2.05, 4.69) is 15.8 Å². The number of amides is 2. The number of H-pyrrole nitrogens is 1. The highest BCUT2D eigenvalue weighted by atomic mass is 35.5. The predicted molar refractivity (Wildman–Crippen MR) is 122 cm³/mol. The molecular weight excluding hydrogens is 430 g/mol. The van der Waals surface area contributed by atoms with Gasteiger partial charge in [0.25, 0.3) is 11.8 Å². The number of benzene rings is 3. The first kappa shape index (κ1) is 21.1. The van der Waals surface area contributed by atoms with Crippen LogP contribution >= 0.6 is 11.6 Å². The first-order chi connectivity index (χ1) is 15.5. The summed E-state index contributed by atoms with van der Waals surface area (Å²) in [5.41, 5.74) is 5.90. The van der Waals surface area contributed by atoms with Gasteiger partial charge in [-0.3, -0.25) is 25.2 Å². The molecule has 1 aromatic heterocycles. The molecule has 0 radical (unpaired) electrons. The van der Waals surface area contributed by atoms with Crippen molar-refractivity contribution in [2.45, 2.75) is 6.61 Å². The Bertz CT molecular complexity index is 1330. The molecule has 0 saturated heterocycles. The van der Waals surface area contributed by atoms with Gasteiger partial charge in [0.05, 0.1) is 0 Å². The van der Waals surface area contributed by atoms with Crippen molar-refractivity contribution in [1.29, 1.82) is 0 Å². The lowest BCUT2D eigenvalue weighted by Crippen LogP contribution is -2.43. The quantitative estimate of drug-likeness (QED) is 0.405. The molecule has 0 saturated carbocycles. The predicted octanol–water partition coefficient (Wildman–Crippen LogP) is 3.84. The van der Waals surface area contributed by atoms with Gasteiger partial charge in [0.15, 0.2) is 0 Å². The van der Waals surface area contributed by atoms with E-state index in [0.29, 0.717) is 33.8 Å². The normalized spacial score (nSPS) is 10.5. The van der Waals surface area contributed by atoms with Crippen LogP contribution < -0.4 is 21.0 Å². The number of aromatic amines is 1. The first-order valence-corrected chi connectivity index (χ1v) is 10.1. The maximum Gasteiger partial charge on any atom is 0.275 e. The highest BCUT2D eigenvalue weighted by molar-refractivity contribution is 6.30. The van der Waals surface area contributed by atoms with E-state index < -0.39 is 17.2 Å². The summed E-state index contributed by atoms with van der Waals surface area (Å²) in [6.45, 7) is 0.324. The number of halogens is 1. The van der Waals surface area contributed by atoms with Crippen molar-refractivity contribution in [2.75, 3.05) is 0 Å². The zero-order valence-electron chi connectivity index (χ0n) is 16.7. The van der Waals surface area contributed by atoms with E-state index in [1.807, 2.05) is 0 Å². The van der Waals surface area contributed by atoms with Crippen LogP contribution in [-0.4, -0.2) is 16.8 Å². The van der Waals surface area contributed by atoms with Gasteiger partial charge in [-0.05, 0) is 54.1 Å². The van der Waals surface area contributed by atoms with Crippen molar-refractivity contribution in [1.82, 2.24) is 15.8 Å². The average molecular weight is 448 g/mol. The molecule has 7 nitrogen and oxygen atoms in total. The monoisotopic (exact) mass is 447 g/mol. The number of fused-ring (bicyclic) bond motifs is 1. The van der Waals surface area contributed by atoms with Gasteiger partial charge in [-0.15, -0.1) is 0 Å². The van der Waals surface area contributed by atoms with Crippen LogP contribution in [0.15, 0.2) is 83.8 Å². The molecule has 160 valence electrons. The van der Waals surface area contributed by atoms with Gasteiger partial charge in [0.1, 0.15) is 17.9 Å². The number of hydrogen-bond acceptors (Lipinski definition) is 4. The third-order valence-corrected chi connectivity index (χ3v) is 5.01. The summed E-state index contributed by atoms with van der Waals surface area (Å²) in [5.74, 6) is -0.540. The molecule has 0 fully saturated rings. The van der Waals surface area contributed by atoms with Gasteiger partial charge in [0.2, 0.25) is 5.43 Å². The zero-order chi connectivity index (χ0) is 22.5. The number of para-hydroxylation sites is 1. The minimum Gasteiger partial charge on any atom is -0.489 e. The fraction of sp³-hybridized carbons (Fsp3) is 0.0417. The number of aromatic nitrogens is 1. The summed E-state index contributed by atoms with van der Waals surface area (Å²) in [6.07, 6.45) is 1.32. The second kappa shape index (κ2) is 9.36. The number of carbonyl (C=O) groups excluding carboxylic acids is 2. The number of hydrogen-bond donors (Lipinski definition) is 3. The van der Waals surface area contributed by atoms with Crippen molar-refractivity contribution < 1.29 is 14.3 Å². The van der Waals surface area contributed by atoms with Crippen LogP contribution in [0.25, 0.3) is 10.9 Å². The molecule has 0 atom stereocenters. The lowest BCUT2D eigenvalue weighted by molar-refractivity contribution is 0.0846. The van der Waals surface area contributed by atoms with Crippen LogP contribution in [0.4, 0.5) is 0 Å². The maximum absolute atomic E-state index is 12.5. The number of ether oxygens (including phenoxy) is 1. The van der Waals surface area contributed by atoms with Gasteiger partial charge < -0.3 is 9.72 Å². The molecule has 1 heterocycles. The molecule has 3 N–H and O–H groups in total. The Labute approximate surface area is 188 Å². The number of carbonyl (C=O) groups is 2. The molecule has 0 aliphatic carbocycles. The topological polar surface area (TPSA) is 100 Å². The molecule has 0 spiro atoms. The van der Waals surface area contributed by atoms with Crippen LogP contribution in [0.2, 0.25) is 5.02 Å². The molecule has 8 heteroatoms. The third kappa shape index (κ3) is 4.79. The lowest BCUT2D eigenvalue weighted by Gasteiger charge is -2.09. The minimum atomic E-state index is -0.710. The Kier molecular flexibility index (Phi) is 6.19. The molecule has 0 bridgehead atoms. The standard InChI is InChI=1S/C24H18ClN3O4/c25-17-9-11-18(12-10-17)32-14-15-5-7-16(8-6-15)23(30)27-28-24(31)20-13-26-21-4-2-1-3-19(21)22(20)29/h1-13H,14H2,(H,26,29)(H,27,30)(H,28,31). The van der Waals surface area contributed by atoms with Crippen molar-refractivity contribution in [3.05, 3.63) is 111 Å². The highest BCUT2D eigenvalue weighted by Crippen LogP contribution is 2.17. The Balaban J connectivity index is 1.35. The van der Waals surface area contributed by atoms with Crippen molar-refractivity contribution in [3.8, 4) is 5.75 Å². The Morgan fingerprint density at radius 3 is 2.31 bits per heavy atom. The third-order valence-electron chi connectivity index (χ3n) is 4.76. The van der Waals surface area contributed by atoms with Gasteiger partial charge in [-0.2, -0.15) is 0 Å². The summed E-state index contributed by atoms with van der Waals surface area (Å²) in [7, 11) is 0. The smallest absolute Gasteiger partial charge is 0.275 e. The number of pyridine rings is 1. The Hall–Kier alpha value is -4.10. The van der Waals surface area contributed by atoms with E-state index in [9.17, 15) is 14.4 Å². The molecule has 4 aromatic rings. The van der Waals surface area contributed by atoms with E-state index >= 15 is 0 Å². The van der Waals surface area contributed by atoms with Gasteiger partial charge in [-0.25, -0.2) is 0 Å². The fourth-order valence-corrected chi connectivity index (χ4v) is 3.17. The fourth-order valence-electron chi connectivity index (χ4n) is 3.04. The largest absolute Gasteiger partial charge is 0.489 e. The number of rotatable bonds is 5. The minimum absolute atomic E-state index is 0.0984. The SMILES string of the molecule is O=C(NNC(=O)c1c[nH]c2ccccc2c1=O)c1ccc(COc2ccc(Cl)cc2)cc1. The second-order valence-electron chi connectivity index (χ2n) is 6.92. The van der Waals surface area contributed by atoms with Crippen molar-refractivity contribution >= 4 is 34.3 Å². The van der Waals surface area contributed by atoms with E-state index in [1.165, 1.54) is 6.20 Å². The molecule has 0 aliphatic rings. The van der Waals surface area contributed by atoms with Gasteiger partial charge in [-0.1, -0.05) is 35.9 Å². The maximum atomic E-state index is 12.5. The van der Waals surface area contributed by atoms with Gasteiger partial charge >= 0.3 is 0 Å². The molecular formula is C24H18ClN3O4. The zero-order valence-corrected chi connectivity index (χ0v) is 17.5. The first-order valence-electron chi connectivity index (χ1n) is 9.70. The molecule has 3 aromatic carbocycles. The van der Waals surface area contributed by atoms with E-state index in [-0.39, 0.29) is 5.56 Å². The summed E-state index contributed by atoms with van der Waals surface area (Å²) >= 11 is 5.85. The van der Waals surface area contributed by atoms with Crippen LogP contribution in [0, 0.1) is 0 Å². The van der Waals surface area contributed by atoms with Crippen molar-refractivity contribution in [3.63, 3.8) is 0 Å². The lowest BCUT2D eigenvalue weighted by atomic mass is 10.1. The Morgan fingerprint density at radius 2 is 1.56 bits per heavy atom. The highest BCUT2D eigenvalue weighted by Gasteiger charge is 2.14. The van der Waals surface area contributed by atoms with E-state index in [1.54, 1.807) is 72.8 Å². The van der Waals surface area contributed by atoms with Gasteiger partial charge in [0, 0.05) is 27.7 Å². The molecule has 0 unspecified atom stereocenters. The van der Waals surface area contributed by atoms with Crippen LogP contribution in [0.3, 0.4) is 0 Å². The number of hydrazine groups is 1. The van der Waals surface area contributed by atoms with Crippen LogP contribution in [0.1, 0.15) is 26.3 Å². The summed E-state index contributed by atoms with van der Waals surface area (Å²) in [6, 6.07) is 20.6. The van der Waals surface area contributed by atoms with E-state index in [4.69, 9.17) is 16.3 Å². The molecule has 32 heavy (non-hydrogen) atoms. The molecule has 0 aliphatic heterocycles. The average Bonchev–Trinajstić information content (AvgIpc) is 2.83. The van der Waals surface area contributed by atoms with Crippen LogP contribution in [-0.2, 0) is 6.61 Å². The van der Waals surface area contributed by atoms with Crippen molar-refractivity contribution in [2.24, 2.45) is 0 Å². The number of nitrogens with one attached hydrogen (secondary N) is 3. The summed E-state index contributed by atoms with van der Waals surface area (Å²) in [4.78, 5) is 40.1. The molecule has 4 rings (SSSR count). The Morgan fingerprint density at radius 1 is 0.875 bits per heavy atom. The summed E-state index contributed by atoms with van der Waals surface area (Å²) < 4.78 is 5.67. The van der Waals surface area contributed by atoms with E-state index in [0.717, 1.165) is 5.56 Å². The molecule has 2 amide bonds. The second-order valence-corrected chi connectivity index (χ2v) is 7.36.